The minimum absolute atomic E-state index is 0.0820. The lowest BCUT2D eigenvalue weighted by Crippen LogP contribution is -2.51. The molecule has 9 nitrogen and oxygen atoms in total. The zero-order chi connectivity index (χ0) is 18.1. The summed E-state index contributed by atoms with van der Waals surface area (Å²) in [6.07, 6.45) is 1.19. The highest BCUT2D eigenvalue weighted by atomic mass is 16.6. The lowest BCUT2D eigenvalue weighted by Gasteiger charge is -2.13. The van der Waals surface area contributed by atoms with E-state index in [9.17, 15) is 24.5 Å². The van der Waals surface area contributed by atoms with E-state index in [4.69, 9.17) is 4.42 Å². The smallest absolute Gasteiger partial charge is 0.328 e. The Bertz CT molecular complexity index is 935. The molecular weight excluding hydrogens is 330 g/mol. The maximum Gasteiger partial charge on any atom is 0.328 e. The lowest BCUT2D eigenvalue weighted by molar-refractivity contribution is -0.384. The van der Waals surface area contributed by atoms with E-state index in [0.717, 1.165) is 5.56 Å². The number of non-ortho nitro benzene ring substituents is 1. The SMILES string of the molecule is Cc1ccc([N+](=O)[O-])cc1-c1ccc(C=C2C(=O)NC(=O)NC2=O)o1. The highest BCUT2D eigenvalue weighted by molar-refractivity contribution is 6.31. The van der Waals surface area contributed by atoms with Crippen LogP contribution in [0.25, 0.3) is 17.4 Å². The third kappa shape index (κ3) is 3.15. The normalized spacial score (nSPS) is 14.1. The fourth-order valence-electron chi connectivity index (χ4n) is 2.31. The van der Waals surface area contributed by atoms with E-state index < -0.39 is 22.8 Å². The van der Waals surface area contributed by atoms with Gasteiger partial charge < -0.3 is 4.42 Å². The van der Waals surface area contributed by atoms with Crippen LogP contribution in [0, 0.1) is 17.0 Å². The molecule has 1 aromatic carbocycles. The molecular formula is C16H11N3O6. The molecule has 0 saturated carbocycles. The monoisotopic (exact) mass is 341 g/mol. The first-order valence-corrected chi connectivity index (χ1v) is 7.09. The van der Waals surface area contributed by atoms with Gasteiger partial charge in [-0.15, -0.1) is 0 Å². The van der Waals surface area contributed by atoms with Crippen molar-refractivity contribution in [1.82, 2.24) is 10.6 Å². The molecule has 4 amide bonds. The number of hydrogen-bond acceptors (Lipinski definition) is 6. The number of nitro groups is 1. The van der Waals surface area contributed by atoms with Crippen molar-refractivity contribution in [3.8, 4) is 11.3 Å². The zero-order valence-electron chi connectivity index (χ0n) is 12.9. The number of aryl methyl sites for hydroxylation is 1. The van der Waals surface area contributed by atoms with Gasteiger partial charge in [0, 0.05) is 17.7 Å². The molecule has 25 heavy (non-hydrogen) atoms. The summed E-state index contributed by atoms with van der Waals surface area (Å²) in [6, 6.07) is 6.56. The zero-order valence-corrected chi connectivity index (χ0v) is 12.9. The Morgan fingerprint density at radius 1 is 1.08 bits per heavy atom. The molecule has 0 bridgehead atoms. The van der Waals surface area contributed by atoms with E-state index in [1.807, 2.05) is 10.6 Å². The second-order valence-electron chi connectivity index (χ2n) is 5.25. The van der Waals surface area contributed by atoms with E-state index >= 15 is 0 Å². The highest BCUT2D eigenvalue weighted by Crippen LogP contribution is 2.29. The number of amides is 4. The molecule has 1 fully saturated rings. The first kappa shape index (κ1) is 16.1. The molecule has 2 N–H and O–H groups in total. The van der Waals surface area contributed by atoms with Gasteiger partial charge in [-0.25, -0.2) is 4.79 Å². The number of hydrogen-bond donors (Lipinski definition) is 2. The van der Waals surface area contributed by atoms with E-state index in [0.29, 0.717) is 11.3 Å². The molecule has 2 aromatic rings. The van der Waals surface area contributed by atoms with E-state index in [1.165, 1.54) is 24.3 Å². The summed E-state index contributed by atoms with van der Waals surface area (Å²) in [5.74, 6) is -1.13. The van der Waals surface area contributed by atoms with Crippen LogP contribution >= 0.6 is 0 Å². The Labute approximate surface area is 140 Å². The standard InChI is InChI=1S/C16H11N3O6/c1-8-2-3-9(19(23)24)6-11(8)13-5-4-10(25-13)7-12-14(20)17-16(22)18-15(12)21/h2-7H,1H3,(H2,17,18,20,21,22). The molecule has 2 heterocycles. The summed E-state index contributed by atoms with van der Waals surface area (Å²) in [5, 5.41) is 14.8. The number of imide groups is 2. The van der Waals surface area contributed by atoms with Crippen LogP contribution in [-0.4, -0.2) is 22.8 Å². The van der Waals surface area contributed by atoms with Gasteiger partial charge in [0.25, 0.3) is 17.5 Å². The molecule has 1 aliphatic rings. The number of rotatable bonds is 3. The predicted molar refractivity (Wildman–Crippen MR) is 85.2 cm³/mol. The molecule has 9 heteroatoms. The molecule has 0 radical (unpaired) electrons. The van der Waals surface area contributed by atoms with E-state index in [2.05, 4.69) is 0 Å². The van der Waals surface area contributed by atoms with Gasteiger partial charge in [-0.05, 0) is 30.7 Å². The summed E-state index contributed by atoms with van der Waals surface area (Å²) in [6.45, 7) is 1.77. The van der Waals surface area contributed by atoms with Crippen LogP contribution in [0.4, 0.5) is 10.5 Å². The number of carbonyl (C=O) groups excluding carboxylic acids is 3. The number of carbonyl (C=O) groups is 3. The lowest BCUT2D eigenvalue weighted by atomic mass is 10.1. The number of barbiturate groups is 1. The summed E-state index contributed by atoms with van der Waals surface area (Å²) in [4.78, 5) is 44.8. The largest absolute Gasteiger partial charge is 0.457 e. The van der Waals surface area contributed by atoms with Crippen LogP contribution in [0.15, 0.2) is 40.3 Å². The fraction of sp³-hybridized carbons (Fsp3) is 0.0625. The van der Waals surface area contributed by atoms with Gasteiger partial charge in [-0.1, -0.05) is 6.07 Å². The van der Waals surface area contributed by atoms with Crippen molar-refractivity contribution in [3.63, 3.8) is 0 Å². The molecule has 0 spiro atoms. The first-order valence-electron chi connectivity index (χ1n) is 7.09. The molecule has 3 rings (SSSR count). The van der Waals surface area contributed by atoms with Crippen LogP contribution in [0.5, 0.6) is 0 Å². The summed E-state index contributed by atoms with van der Waals surface area (Å²) < 4.78 is 5.57. The summed E-state index contributed by atoms with van der Waals surface area (Å²) in [7, 11) is 0. The molecule has 0 aliphatic carbocycles. The van der Waals surface area contributed by atoms with Gasteiger partial charge in [0.1, 0.15) is 17.1 Å². The number of urea groups is 1. The van der Waals surface area contributed by atoms with Crippen molar-refractivity contribution in [2.75, 3.05) is 0 Å². The van der Waals surface area contributed by atoms with Crippen LogP contribution < -0.4 is 10.6 Å². The highest BCUT2D eigenvalue weighted by Gasteiger charge is 2.28. The fourth-order valence-corrected chi connectivity index (χ4v) is 2.31. The molecule has 126 valence electrons. The number of nitrogens with one attached hydrogen (secondary N) is 2. The number of furan rings is 1. The predicted octanol–water partition coefficient (Wildman–Crippen LogP) is 1.91. The van der Waals surface area contributed by atoms with Gasteiger partial charge in [0.05, 0.1) is 4.92 Å². The number of nitrogens with zero attached hydrogens (tertiary/aromatic N) is 1. The van der Waals surface area contributed by atoms with Crippen molar-refractivity contribution >= 4 is 29.6 Å². The van der Waals surface area contributed by atoms with E-state index in [1.54, 1.807) is 19.1 Å². The molecule has 0 unspecified atom stereocenters. The van der Waals surface area contributed by atoms with Gasteiger partial charge in [0.2, 0.25) is 0 Å². The molecule has 0 atom stereocenters. The number of nitro benzene ring substituents is 1. The van der Waals surface area contributed by atoms with Gasteiger partial charge in [-0.2, -0.15) is 0 Å². The molecule has 1 aliphatic heterocycles. The topological polar surface area (TPSA) is 132 Å². The second-order valence-corrected chi connectivity index (χ2v) is 5.25. The Kier molecular flexibility index (Phi) is 3.89. The van der Waals surface area contributed by atoms with Crippen molar-refractivity contribution in [1.29, 1.82) is 0 Å². The maximum atomic E-state index is 11.7. The van der Waals surface area contributed by atoms with Gasteiger partial charge in [-0.3, -0.25) is 30.3 Å². The Hall–Kier alpha value is -3.75. The second kappa shape index (κ2) is 6.04. The minimum Gasteiger partial charge on any atom is -0.457 e. The van der Waals surface area contributed by atoms with Crippen LogP contribution in [-0.2, 0) is 9.59 Å². The summed E-state index contributed by atoms with van der Waals surface area (Å²) in [5.41, 5.74) is 0.919. The average Bonchev–Trinajstić information content (AvgIpc) is 2.99. The van der Waals surface area contributed by atoms with E-state index in [-0.39, 0.29) is 17.0 Å². The maximum absolute atomic E-state index is 11.7. The van der Waals surface area contributed by atoms with Crippen molar-refractivity contribution in [2.24, 2.45) is 0 Å². The average molecular weight is 341 g/mol. The molecule has 1 saturated heterocycles. The third-order valence-electron chi connectivity index (χ3n) is 3.55. The Morgan fingerprint density at radius 2 is 1.76 bits per heavy atom. The van der Waals surface area contributed by atoms with Crippen LogP contribution in [0.1, 0.15) is 11.3 Å². The Morgan fingerprint density at radius 3 is 2.40 bits per heavy atom. The van der Waals surface area contributed by atoms with Crippen molar-refractivity contribution in [2.45, 2.75) is 6.92 Å². The first-order chi connectivity index (χ1) is 11.8. The van der Waals surface area contributed by atoms with Crippen LogP contribution in [0.2, 0.25) is 0 Å². The van der Waals surface area contributed by atoms with Gasteiger partial charge >= 0.3 is 6.03 Å². The summed E-state index contributed by atoms with van der Waals surface area (Å²) >= 11 is 0. The van der Waals surface area contributed by atoms with Crippen molar-refractivity contribution < 1.29 is 23.7 Å². The molecule has 1 aromatic heterocycles. The van der Waals surface area contributed by atoms with Crippen LogP contribution in [0.3, 0.4) is 0 Å². The third-order valence-corrected chi connectivity index (χ3v) is 3.55. The Balaban J connectivity index is 1.96. The minimum atomic E-state index is -0.889. The number of benzene rings is 1. The van der Waals surface area contributed by atoms with Gasteiger partial charge in [0.15, 0.2) is 0 Å². The van der Waals surface area contributed by atoms with Crippen molar-refractivity contribution in [3.05, 3.63) is 57.3 Å². The quantitative estimate of drug-likeness (QED) is 0.379.